The number of carbonyl (C=O) groups excluding carboxylic acids is 1. The SMILES string of the molecule is CCC(Oc1ccccc1C(C)CC)C(=O)Nc1ccc(OCC2CCCO2)cc1. The third-order valence-corrected chi connectivity index (χ3v) is 5.58. The van der Waals surface area contributed by atoms with E-state index >= 15 is 0 Å². The van der Waals surface area contributed by atoms with Gasteiger partial charge in [-0.1, -0.05) is 39.0 Å². The molecule has 1 heterocycles. The van der Waals surface area contributed by atoms with Gasteiger partial charge in [-0.15, -0.1) is 0 Å². The summed E-state index contributed by atoms with van der Waals surface area (Å²) in [5.74, 6) is 1.79. The van der Waals surface area contributed by atoms with Crippen LogP contribution in [0.4, 0.5) is 5.69 Å². The van der Waals surface area contributed by atoms with Crippen LogP contribution in [0.5, 0.6) is 11.5 Å². The van der Waals surface area contributed by atoms with Gasteiger partial charge in [0, 0.05) is 12.3 Å². The molecule has 30 heavy (non-hydrogen) atoms. The summed E-state index contributed by atoms with van der Waals surface area (Å²) < 4.78 is 17.5. The van der Waals surface area contributed by atoms with Crippen molar-refractivity contribution in [3.63, 3.8) is 0 Å². The quantitative estimate of drug-likeness (QED) is 0.557. The highest BCUT2D eigenvalue weighted by Gasteiger charge is 2.21. The highest BCUT2D eigenvalue weighted by atomic mass is 16.5. The van der Waals surface area contributed by atoms with Crippen molar-refractivity contribution in [1.29, 1.82) is 0 Å². The monoisotopic (exact) mass is 411 g/mol. The van der Waals surface area contributed by atoms with Gasteiger partial charge in [0.05, 0.1) is 6.10 Å². The number of benzene rings is 2. The highest BCUT2D eigenvalue weighted by Crippen LogP contribution is 2.29. The molecule has 0 aliphatic carbocycles. The number of hydrogen-bond acceptors (Lipinski definition) is 4. The van der Waals surface area contributed by atoms with Crippen LogP contribution >= 0.6 is 0 Å². The van der Waals surface area contributed by atoms with Gasteiger partial charge in [-0.25, -0.2) is 0 Å². The van der Waals surface area contributed by atoms with E-state index in [2.05, 4.69) is 25.2 Å². The number of para-hydroxylation sites is 1. The van der Waals surface area contributed by atoms with Gasteiger partial charge in [0.2, 0.25) is 0 Å². The van der Waals surface area contributed by atoms with Crippen LogP contribution in [-0.4, -0.2) is 31.3 Å². The van der Waals surface area contributed by atoms with Gasteiger partial charge in [-0.2, -0.15) is 0 Å². The van der Waals surface area contributed by atoms with Gasteiger partial charge < -0.3 is 19.5 Å². The Hall–Kier alpha value is -2.53. The molecule has 5 heteroatoms. The van der Waals surface area contributed by atoms with E-state index in [0.29, 0.717) is 18.9 Å². The van der Waals surface area contributed by atoms with Crippen LogP contribution in [0.2, 0.25) is 0 Å². The number of hydrogen-bond donors (Lipinski definition) is 1. The minimum absolute atomic E-state index is 0.149. The molecular formula is C25H33NO4. The van der Waals surface area contributed by atoms with Crippen LogP contribution in [0.3, 0.4) is 0 Å². The first kappa shape index (κ1) is 22.2. The number of amides is 1. The highest BCUT2D eigenvalue weighted by molar-refractivity contribution is 5.94. The molecule has 0 spiro atoms. The van der Waals surface area contributed by atoms with Gasteiger partial charge in [0.1, 0.15) is 18.1 Å². The predicted molar refractivity (Wildman–Crippen MR) is 119 cm³/mol. The largest absolute Gasteiger partial charge is 0.491 e. The molecule has 0 saturated carbocycles. The topological polar surface area (TPSA) is 56.8 Å². The fourth-order valence-electron chi connectivity index (χ4n) is 3.51. The summed E-state index contributed by atoms with van der Waals surface area (Å²) in [5.41, 5.74) is 1.86. The third-order valence-electron chi connectivity index (χ3n) is 5.58. The molecule has 2 aromatic carbocycles. The molecule has 1 saturated heterocycles. The maximum Gasteiger partial charge on any atom is 0.265 e. The molecule has 1 amide bonds. The summed E-state index contributed by atoms with van der Waals surface area (Å²) >= 11 is 0. The lowest BCUT2D eigenvalue weighted by atomic mass is 9.98. The maximum atomic E-state index is 12.8. The molecular weight excluding hydrogens is 378 g/mol. The van der Waals surface area contributed by atoms with E-state index in [9.17, 15) is 4.79 Å². The first-order valence-electron chi connectivity index (χ1n) is 11.0. The zero-order chi connectivity index (χ0) is 21.3. The first-order valence-corrected chi connectivity index (χ1v) is 11.0. The second kappa shape index (κ2) is 11.0. The van der Waals surface area contributed by atoms with E-state index in [1.807, 2.05) is 49.4 Å². The summed E-state index contributed by atoms with van der Waals surface area (Å²) in [6.07, 6.45) is 3.39. The lowest BCUT2D eigenvalue weighted by molar-refractivity contribution is -0.122. The molecule has 2 aromatic rings. The summed E-state index contributed by atoms with van der Waals surface area (Å²) in [6.45, 7) is 7.66. The molecule has 1 aliphatic heterocycles. The minimum Gasteiger partial charge on any atom is -0.491 e. The first-order chi connectivity index (χ1) is 14.6. The average molecular weight is 412 g/mol. The van der Waals surface area contributed by atoms with Gasteiger partial charge in [0.15, 0.2) is 6.10 Å². The van der Waals surface area contributed by atoms with E-state index in [-0.39, 0.29) is 12.0 Å². The maximum absolute atomic E-state index is 12.8. The van der Waals surface area contributed by atoms with E-state index in [0.717, 1.165) is 48.6 Å². The number of nitrogens with one attached hydrogen (secondary N) is 1. The Morgan fingerprint density at radius 1 is 1.13 bits per heavy atom. The molecule has 162 valence electrons. The molecule has 0 radical (unpaired) electrons. The molecule has 1 fully saturated rings. The lowest BCUT2D eigenvalue weighted by Gasteiger charge is -2.21. The fraction of sp³-hybridized carbons (Fsp3) is 0.480. The van der Waals surface area contributed by atoms with Gasteiger partial charge >= 0.3 is 0 Å². The van der Waals surface area contributed by atoms with Crippen molar-refractivity contribution < 1.29 is 19.0 Å². The lowest BCUT2D eigenvalue weighted by Crippen LogP contribution is -2.32. The van der Waals surface area contributed by atoms with Crippen LogP contribution in [0.15, 0.2) is 48.5 Å². The van der Waals surface area contributed by atoms with Crippen molar-refractivity contribution in [1.82, 2.24) is 0 Å². The Kier molecular flexibility index (Phi) is 8.14. The normalized spacial score (nSPS) is 17.9. The van der Waals surface area contributed by atoms with Crippen molar-refractivity contribution >= 4 is 11.6 Å². The van der Waals surface area contributed by atoms with Crippen LogP contribution in [0.1, 0.15) is 57.9 Å². The van der Waals surface area contributed by atoms with E-state index in [1.165, 1.54) is 0 Å². The van der Waals surface area contributed by atoms with Crippen LogP contribution in [0.25, 0.3) is 0 Å². The Morgan fingerprint density at radius 3 is 2.57 bits per heavy atom. The van der Waals surface area contributed by atoms with Crippen molar-refractivity contribution in [3.8, 4) is 11.5 Å². The van der Waals surface area contributed by atoms with E-state index in [1.54, 1.807) is 0 Å². The van der Waals surface area contributed by atoms with Gasteiger partial charge in [-0.3, -0.25) is 4.79 Å². The summed E-state index contributed by atoms with van der Waals surface area (Å²) in [5, 5.41) is 2.96. The number of anilines is 1. The minimum atomic E-state index is -0.550. The van der Waals surface area contributed by atoms with Gasteiger partial charge in [-0.05, 0) is 67.5 Å². The van der Waals surface area contributed by atoms with Crippen LogP contribution in [-0.2, 0) is 9.53 Å². The Morgan fingerprint density at radius 2 is 1.90 bits per heavy atom. The average Bonchev–Trinajstić information content (AvgIpc) is 3.30. The molecule has 5 nitrogen and oxygen atoms in total. The van der Waals surface area contributed by atoms with Crippen LogP contribution < -0.4 is 14.8 Å². The zero-order valence-corrected chi connectivity index (χ0v) is 18.2. The molecule has 1 aliphatic rings. The smallest absolute Gasteiger partial charge is 0.265 e. The summed E-state index contributed by atoms with van der Waals surface area (Å²) in [6, 6.07) is 15.4. The molecule has 3 rings (SSSR count). The zero-order valence-electron chi connectivity index (χ0n) is 18.2. The molecule has 3 atom stereocenters. The fourth-order valence-corrected chi connectivity index (χ4v) is 3.51. The van der Waals surface area contributed by atoms with Crippen LogP contribution in [0, 0.1) is 0 Å². The standard InChI is InChI=1S/C25H33NO4/c1-4-18(3)22-10-6-7-11-24(22)30-23(5-2)25(27)26-19-12-14-20(15-13-19)29-17-21-9-8-16-28-21/h6-7,10-15,18,21,23H,4-5,8-9,16-17H2,1-3H3,(H,26,27). The Balaban J connectivity index is 1.57. The van der Waals surface area contributed by atoms with Gasteiger partial charge in [0.25, 0.3) is 5.91 Å². The molecule has 0 bridgehead atoms. The number of carbonyl (C=O) groups is 1. The van der Waals surface area contributed by atoms with E-state index < -0.39 is 6.10 Å². The number of rotatable bonds is 10. The van der Waals surface area contributed by atoms with Crippen molar-refractivity contribution in [2.24, 2.45) is 0 Å². The third kappa shape index (κ3) is 5.99. The molecule has 1 N–H and O–H groups in total. The molecule has 3 unspecified atom stereocenters. The molecule has 0 aromatic heterocycles. The summed E-state index contributed by atoms with van der Waals surface area (Å²) in [7, 11) is 0. The Labute approximate surface area is 179 Å². The second-order valence-electron chi connectivity index (χ2n) is 7.82. The second-order valence-corrected chi connectivity index (χ2v) is 7.82. The Bertz CT molecular complexity index is 799. The summed E-state index contributed by atoms with van der Waals surface area (Å²) in [4.78, 5) is 12.8. The van der Waals surface area contributed by atoms with E-state index in [4.69, 9.17) is 14.2 Å². The van der Waals surface area contributed by atoms with Crippen molar-refractivity contribution in [2.75, 3.05) is 18.5 Å². The van der Waals surface area contributed by atoms with Crippen molar-refractivity contribution in [2.45, 2.75) is 64.6 Å². The van der Waals surface area contributed by atoms with Crippen molar-refractivity contribution in [3.05, 3.63) is 54.1 Å². The number of ether oxygens (including phenoxy) is 3. The predicted octanol–water partition coefficient (Wildman–Crippen LogP) is 5.55.